The first kappa shape index (κ1) is 12.4. The fourth-order valence-corrected chi connectivity index (χ4v) is 1.83. The minimum atomic E-state index is 0.834. The van der Waals surface area contributed by atoms with Gasteiger partial charge in [0.1, 0.15) is 11.6 Å². The summed E-state index contributed by atoms with van der Waals surface area (Å²) in [4.78, 5) is 6.64. The smallest absolute Gasteiger partial charge is 0.128 e. The van der Waals surface area contributed by atoms with E-state index in [0.29, 0.717) is 0 Å². The standard InChI is InChI=1S/C15H18N2O/c1-12-5-4-6-15(16-12)17(2)11-13-7-9-14(18-3)10-8-13/h4-10H,11H2,1-3H3. The average molecular weight is 242 g/mol. The highest BCUT2D eigenvalue weighted by Gasteiger charge is 2.03. The summed E-state index contributed by atoms with van der Waals surface area (Å²) in [6.07, 6.45) is 0. The molecule has 18 heavy (non-hydrogen) atoms. The maximum Gasteiger partial charge on any atom is 0.128 e. The Morgan fingerprint density at radius 3 is 2.44 bits per heavy atom. The van der Waals surface area contributed by atoms with E-state index in [2.05, 4.69) is 22.0 Å². The zero-order chi connectivity index (χ0) is 13.0. The molecule has 0 unspecified atom stereocenters. The number of ether oxygens (including phenoxy) is 1. The van der Waals surface area contributed by atoms with Crippen molar-refractivity contribution < 1.29 is 4.74 Å². The number of pyridine rings is 1. The Kier molecular flexibility index (Phi) is 3.82. The molecule has 0 spiro atoms. The molecule has 0 radical (unpaired) electrons. The summed E-state index contributed by atoms with van der Waals surface area (Å²) in [7, 11) is 3.73. The predicted octanol–water partition coefficient (Wildman–Crippen LogP) is 3.04. The highest BCUT2D eigenvalue weighted by molar-refractivity contribution is 5.39. The number of hydrogen-bond donors (Lipinski definition) is 0. The van der Waals surface area contributed by atoms with Crippen LogP contribution in [-0.4, -0.2) is 19.1 Å². The van der Waals surface area contributed by atoms with Crippen molar-refractivity contribution in [3.8, 4) is 5.75 Å². The van der Waals surface area contributed by atoms with Gasteiger partial charge in [-0.3, -0.25) is 0 Å². The largest absolute Gasteiger partial charge is 0.497 e. The number of benzene rings is 1. The van der Waals surface area contributed by atoms with Gasteiger partial charge >= 0.3 is 0 Å². The van der Waals surface area contributed by atoms with E-state index in [0.717, 1.165) is 23.8 Å². The minimum absolute atomic E-state index is 0.834. The molecule has 0 N–H and O–H groups in total. The van der Waals surface area contributed by atoms with Crippen LogP contribution in [0, 0.1) is 6.92 Å². The van der Waals surface area contributed by atoms with Crippen LogP contribution < -0.4 is 9.64 Å². The Balaban J connectivity index is 2.08. The van der Waals surface area contributed by atoms with Gasteiger partial charge in [-0.15, -0.1) is 0 Å². The molecule has 1 aromatic carbocycles. The molecule has 1 aromatic heterocycles. The van der Waals surface area contributed by atoms with Crippen molar-refractivity contribution in [3.63, 3.8) is 0 Å². The molecule has 2 rings (SSSR count). The molecule has 0 aliphatic carbocycles. The zero-order valence-electron chi connectivity index (χ0n) is 11.1. The maximum atomic E-state index is 5.15. The van der Waals surface area contributed by atoms with Crippen LogP contribution in [0.2, 0.25) is 0 Å². The molecule has 94 valence electrons. The highest BCUT2D eigenvalue weighted by atomic mass is 16.5. The second kappa shape index (κ2) is 5.54. The van der Waals surface area contributed by atoms with Gasteiger partial charge in [0.05, 0.1) is 7.11 Å². The van der Waals surface area contributed by atoms with Gasteiger partial charge in [-0.05, 0) is 36.8 Å². The molecule has 0 aliphatic heterocycles. The number of rotatable bonds is 4. The molecule has 0 saturated carbocycles. The Bertz CT molecular complexity index is 508. The predicted molar refractivity (Wildman–Crippen MR) is 74.1 cm³/mol. The molecule has 3 heteroatoms. The Labute approximate surface area is 108 Å². The summed E-state index contributed by atoms with van der Waals surface area (Å²) in [5, 5.41) is 0. The number of anilines is 1. The first-order valence-electron chi connectivity index (χ1n) is 5.97. The number of hydrogen-bond acceptors (Lipinski definition) is 3. The van der Waals surface area contributed by atoms with Gasteiger partial charge in [0.15, 0.2) is 0 Å². The van der Waals surface area contributed by atoms with Gasteiger partial charge in [0.25, 0.3) is 0 Å². The molecule has 0 bridgehead atoms. The SMILES string of the molecule is COc1ccc(CN(C)c2cccc(C)n2)cc1. The zero-order valence-corrected chi connectivity index (χ0v) is 11.1. The van der Waals surface area contributed by atoms with Crippen molar-refractivity contribution in [1.29, 1.82) is 0 Å². The van der Waals surface area contributed by atoms with Crippen LogP contribution in [0.1, 0.15) is 11.3 Å². The molecule has 1 heterocycles. The average Bonchev–Trinajstić information content (AvgIpc) is 2.39. The molecule has 0 aliphatic rings. The monoisotopic (exact) mass is 242 g/mol. The molecule has 0 fully saturated rings. The first-order valence-corrected chi connectivity index (χ1v) is 5.97. The van der Waals surface area contributed by atoms with Gasteiger partial charge < -0.3 is 9.64 Å². The minimum Gasteiger partial charge on any atom is -0.497 e. The third-order valence-electron chi connectivity index (χ3n) is 2.84. The second-order valence-electron chi connectivity index (χ2n) is 4.34. The number of aromatic nitrogens is 1. The van der Waals surface area contributed by atoms with Crippen LogP contribution in [0.15, 0.2) is 42.5 Å². The van der Waals surface area contributed by atoms with E-state index in [4.69, 9.17) is 4.74 Å². The quantitative estimate of drug-likeness (QED) is 0.824. The summed E-state index contributed by atoms with van der Waals surface area (Å²) in [6, 6.07) is 14.2. The van der Waals surface area contributed by atoms with E-state index >= 15 is 0 Å². The van der Waals surface area contributed by atoms with Crippen molar-refractivity contribution in [1.82, 2.24) is 4.98 Å². The summed E-state index contributed by atoms with van der Waals surface area (Å²) in [6.45, 7) is 2.84. The van der Waals surface area contributed by atoms with Crippen LogP contribution in [0.25, 0.3) is 0 Å². The number of aryl methyl sites for hydroxylation is 1. The molecule has 0 atom stereocenters. The van der Waals surface area contributed by atoms with Gasteiger partial charge in [-0.2, -0.15) is 0 Å². The lowest BCUT2D eigenvalue weighted by atomic mass is 10.2. The van der Waals surface area contributed by atoms with Crippen molar-refractivity contribution in [2.24, 2.45) is 0 Å². The maximum absolute atomic E-state index is 5.15. The fraction of sp³-hybridized carbons (Fsp3) is 0.267. The molecule has 0 saturated heterocycles. The molecule has 2 aromatic rings. The van der Waals surface area contributed by atoms with Crippen molar-refractivity contribution in [2.45, 2.75) is 13.5 Å². The van der Waals surface area contributed by atoms with Crippen molar-refractivity contribution >= 4 is 5.82 Å². The lowest BCUT2D eigenvalue weighted by Crippen LogP contribution is -2.17. The van der Waals surface area contributed by atoms with Crippen LogP contribution in [0.3, 0.4) is 0 Å². The second-order valence-corrected chi connectivity index (χ2v) is 4.34. The summed E-state index contributed by atoms with van der Waals surface area (Å²) >= 11 is 0. The van der Waals surface area contributed by atoms with E-state index in [9.17, 15) is 0 Å². The molecule has 3 nitrogen and oxygen atoms in total. The fourth-order valence-electron chi connectivity index (χ4n) is 1.83. The van der Waals surface area contributed by atoms with Crippen molar-refractivity contribution in [2.75, 3.05) is 19.1 Å². The van der Waals surface area contributed by atoms with Gasteiger partial charge in [-0.25, -0.2) is 4.98 Å². The Morgan fingerprint density at radius 1 is 1.11 bits per heavy atom. The van der Waals surface area contributed by atoms with Gasteiger partial charge in [0, 0.05) is 19.3 Å². The summed E-state index contributed by atoms with van der Waals surface area (Å²) < 4.78 is 5.15. The lowest BCUT2D eigenvalue weighted by Gasteiger charge is -2.18. The Morgan fingerprint density at radius 2 is 1.83 bits per heavy atom. The molecular weight excluding hydrogens is 224 g/mol. The highest BCUT2D eigenvalue weighted by Crippen LogP contribution is 2.16. The van der Waals surface area contributed by atoms with E-state index in [1.165, 1.54) is 5.56 Å². The molecule has 0 amide bonds. The van der Waals surface area contributed by atoms with E-state index in [1.807, 2.05) is 44.3 Å². The Hall–Kier alpha value is -2.03. The topological polar surface area (TPSA) is 25.4 Å². The lowest BCUT2D eigenvalue weighted by molar-refractivity contribution is 0.414. The van der Waals surface area contributed by atoms with Crippen molar-refractivity contribution in [3.05, 3.63) is 53.7 Å². The third kappa shape index (κ3) is 3.00. The van der Waals surface area contributed by atoms with Crippen LogP contribution >= 0.6 is 0 Å². The van der Waals surface area contributed by atoms with Crippen LogP contribution in [0.5, 0.6) is 5.75 Å². The molecular formula is C15H18N2O. The number of nitrogens with zero attached hydrogens (tertiary/aromatic N) is 2. The van der Waals surface area contributed by atoms with Gasteiger partial charge in [-0.1, -0.05) is 18.2 Å². The summed E-state index contributed by atoms with van der Waals surface area (Å²) in [5.74, 6) is 1.88. The first-order chi connectivity index (χ1) is 8.69. The normalized spacial score (nSPS) is 10.2. The third-order valence-corrected chi connectivity index (χ3v) is 2.84. The van der Waals surface area contributed by atoms with E-state index in [1.54, 1.807) is 7.11 Å². The number of methoxy groups -OCH3 is 1. The van der Waals surface area contributed by atoms with Crippen LogP contribution in [-0.2, 0) is 6.54 Å². The van der Waals surface area contributed by atoms with Crippen LogP contribution in [0.4, 0.5) is 5.82 Å². The van der Waals surface area contributed by atoms with Gasteiger partial charge in [0.2, 0.25) is 0 Å². The summed E-state index contributed by atoms with van der Waals surface area (Å²) in [5.41, 5.74) is 2.27. The van der Waals surface area contributed by atoms with E-state index in [-0.39, 0.29) is 0 Å². The van der Waals surface area contributed by atoms with E-state index < -0.39 is 0 Å².